The summed E-state index contributed by atoms with van der Waals surface area (Å²) in [6.07, 6.45) is 0. The zero-order valence-corrected chi connectivity index (χ0v) is 10.6. The molecule has 0 saturated heterocycles. The van der Waals surface area contributed by atoms with Crippen molar-refractivity contribution in [3.05, 3.63) is 15.6 Å². The fourth-order valence-corrected chi connectivity index (χ4v) is 1.91. The number of rotatable bonds is 2. The number of hydrogen-bond acceptors (Lipinski definition) is 4. The number of H-pyrrole nitrogens is 1. The van der Waals surface area contributed by atoms with Crippen LogP contribution in [-0.4, -0.2) is 35.8 Å². The number of hydrogen-bond donors (Lipinski definition) is 2. The fourth-order valence-electron chi connectivity index (χ4n) is 1.23. The molecule has 9 heteroatoms. The number of anilines is 1. The van der Waals surface area contributed by atoms with Gasteiger partial charge in [0.1, 0.15) is 5.52 Å². The highest BCUT2D eigenvalue weighted by molar-refractivity contribution is 7.18. The fraction of sp³-hybridized carbons (Fsp3) is 0.167. The minimum Gasteiger partial charge on any atom is -0.339 e. The molecule has 1 unspecified atom stereocenters. The third-order valence-electron chi connectivity index (χ3n) is 1.89. The molecule has 0 amide bonds. The third-order valence-corrected chi connectivity index (χ3v) is 2.79. The Morgan fingerprint density at radius 2 is 2.33 bits per heavy atom. The van der Waals surface area contributed by atoms with Gasteiger partial charge in [-0.3, -0.25) is 4.57 Å². The average molecular weight is 258 g/mol. The normalized spacial score (nSPS) is 10.8. The van der Waals surface area contributed by atoms with Gasteiger partial charge in [0.15, 0.2) is 27.1 Å². The molecule has 0 saturated carbocycles. The molecule has 1 atom stereocenters. The molecule has 0 spiro atoms. The standard InChI is InChI=1S/C6H6ClN5OP.Al/c1-12-4-2(8-6(12)13)3(7)9-5(10-4)11-14;/h1,14H2,(H,8,13)(H,9,10,11);. The third kappa shape index (κ3) is 1.77. The number of nitrogens with zero attached hydrogens (tertiary/aromatic N) is 3. The van der Waals surface area contributed by atoms with Gasteiger partial charge in [-0.25, -0.2) is 4.79 Å². The Morgan fingerprint density at radius 1 is 1.60 bits per heavy atom. The van der Waals surface area contributed by atoms with Crippen LogP contribution in [0.1, 0.15) is 0 Å². The largest absolute Gasteiger partial charge is 0.339 e. The van der Waals surface area contributed by atoms with E-state index in [0.717, 1.165) is 0 Å². The Hall–Kier alpha value is -0.598. The number of halogens is 1. The van der Waals surface area contributed by atoms with Gasteiger partial charge >= 0.3 is 5.69 Å². The van der Waals surface area contributed by atoms with Gasteiger partial charge in [0.05, 0.1) is 0 Å². The molecule has 0 bridgehead atoms. The zero-order chi connectivity index (χ0) is 11.0. The first-order valence-corrected chi connectivity index (χ1v) is 5.77. The van der Waals surface area contributed by atoms with E-state index < -0.39 is 0 Å². The van der Waals surface area contributed by atoms with E-state index >= 15 is 0 Å². The highest BCUT2D eigenvalue weighted by Gasteiger charge is 2.11. The summed E-state index contributed by atoms with van der Waals surface area (Å²) in [5, 5.41) is 3.36. The van der Waals surface area contributed by atoms with E-state index in [0.29, 0.717) is 22.5 Å². The smallest absolute Gasteiger partial charge is 0.326 e. The van der Waals surface area contributed by atoms with Crippen molar-refractivity contribution in [3.8, 4) is 0 Å². The zero-order valence-electron chi connectivity index (χ0n) is 7.49. The lowest BCUT2D eigenvalue weighted by molar-refractivity contribution is 0.850. The van der Waals surface area contributed by atoms with Crippen LogP contribution in [-0.2, 0) is 5.41 Å². The topological polar surface area (TPSA) is 75.6 Å². The molecule has 0 aromatic carbocycles. The number of imidazole rings is 1. The number of nitrogens with one attached hydrogen (secondary N) is 2. The number of fused-ring (bicyclic) bond motifs is 1. The van der Waals surface area contributed by atoms with Crippen LogP contribution in [0.3, 0.4) is 0 Å². The van der Waals surface area contributed by atoms with E-state index in [-0.39, 0.29) is 10.8 Å². The Balaban J connectivity index is 2.86. The first-order valence-electron chi connectivity index (χ1n) is 4.00. The van der Waals surface area contributed by atoms with Gasteiger partial charge in [-0.05, 0) is 14.8 Å². The molecular formula is C6H6AlClN5OP. The highest BCUT2D eigenvalue weighted by atomic mass is 35.5. The molecule has 2 N–H and O–H groups in total. The predicted octanol–water partition coefficient (Wildman–Crippen LogP) is 0.101. The molecule has 2 heterocycles. The lowest BCUT2D eigenvalue weighted by Crippen LogP contribution is -2.17. The second-order valence-electron chi connectivity index (χ2n) is 2.72. The minimum atomic E-state index is -0.253. The lowest BCUT2D eigenvalue weighted by Gasteiger charge is -2.01. The van der Waals surface area contributed by atoms with Crippen LogP contribution < -0.4 is 10.8 Å². The number of aromatic amines is 1. The summed E-state index contributed by atoms with van der Waals surface area (Å²) in [6.45, 7) is 0. The highest BCUT2D eigenvalue weighted by Crippen LogP contribution is 2.19. The van der Waals surface area contributed by atoms with Crippen LogP contribution >= 0.6 is 21.0 Å². The molecular weight excluding hydrogens is 252 g/mol. The predicted molar refractivity (Wildman–Crippen MR) is 62.2 cm³/mol. The Labute approximate surface area is 100 Å². The summed E-state index contributed by atoms with van der Waals surface area (Å²) in [4.78, 5) is 22.1. The molecule has 76 valence electrons. The van der Waals surface area contributed by atoms with Crippen molar-refractivity contribution in [3.63, 3.8) is 0 Å². The SMILES string of the molecule is O=c1[nH]c2c(Cl)nc(NP)nc2n1[CH2][Al]. The molecule has 0 aliphatic carbocycles. The van der Waals surface area contributed by atoms with Crippen molar-refractivity contribution in [1.82, 2.24) is 19.5 Å². The minimum absolute atomic E-state index is 0.222. The Kier molecular flexibility index (Phi) is 2.99. The summed E-state index contributed by atoms with van der Waals surface area (Å²) in [5.41, 5.74) is 0.685. The van der Waals surface area contributed by atoms with Gasteiger partial charge in [-0.2, -0.15) is 9.97 Å². The number of aromatic nitrogens is 4. The molecule has 2 radical (unpaired) electrons. The summed E-state index contributed by atoms with van der Waals surface area (Å²) < 4.78 is 1.46. The van der Waals surface area contributed by atoms with E-state index in [1.54, 1.807) is 0 Å². The van der Waals surface area contributed by atoms with Crippen molar-refractivity contribution >= 4 is 54.4 Å². The van der Waals surface area contributed by atoms with Crippen LogP contribution in [0, 0.1) is 0 Å². The quantitative estimate of drug-likeness (QED) is 0.455. The van der Waals surface area contributed by atoms with Crippen LogP contribution in [0.4, 0.5) is 5.95 Å². The van der Waals surface area contributed by atoms with E-state index in [2.05, 4.69) is 45.7 Å². The molecule has 0 aliphatic heterocycles. The van der Waals surface area contributed by atoms with Crippen molar-refractivity contribution in [2.45, 2.75) is 5.41 Å². The van der Waals surface area contributed by atoms with Crippen molar-refractivity contribution in [1.29, 1.82) is 0 Å². The molecule has 0 aliphatic rings. The van der Waals surface area contributed by atoms with Crippen LogP contribution in [0.2, 0.25) is 5.15 Å². The first kappa shape index (κ1) is 10.9. The molecule has 2 aromatic heterocycles. The van der Waals surface area contributed by atoms with Crippen molar-refractivity contribution in [2.75, 3.05) is 5.09 Å². The first-order chi connectivity index (χ1) is 7.17. The Morgan fingerprint density at radius 3 is 2.93 bits per heavy atom. The maximum atomic E-state index is 11.5. The second kappa shape index (κ2) is 4.11. The van der Waals surface area contributed by atoms with E-state index in [4.69, 9.17) is 11.6 Å². The van der Waals surface area contributed by atoms with Crippen molar-refractivity contribution in [2.24, 2.45) is 0 Å². The van der Waals surface area contributed by atoms with Crippen LogP contribution in [0.15, 0.2) is 4.79 Å². The van der Waals surface area contributed by atoms with Gasteiger partial charge in [0, 0.05) is 0 Å². The maximum absolute atomic E-state index is 11.5. The van der Waals surface area contributed by atoms with Crippen LogP contribution in [0.25, 0.3) is 11.2 Å². The monoisotopic (exact) mass is 257 g/mol. The van der Waals surface area contributed by atoms with Crippen LogP contribution in [0.5, 0.6) is 0 Å². The Bertz CT molecular complexity index is 566. The summed E-state index contributed by atoms with van der Waals surface area (Å²) >= 11 is 8.35. The van der Waals surface area contributed by atoms with Gasteiger partial charge in [-0.15, -0.1) is 0 Å². The van der Waals surface area contributed by atoms with E-state index in [1.165, 1.54) is 4.57 Å². The second-order valence-corrected chi connectivity index (χ2v) is 3.73. The summed E-state index contributed by atoms with van der Waals surface area (Å²) in [6, 6.07) is 0. The lowest BCUT2D eigenvalue weighted by atomic mass is 10.5. The molecule has 0 fully saturated rings. The molecule has 2 rings (SSSR count). The molecule has 6 nitrogen and oxygen atoms in total. The van der Waals surface area contributed by atoms with Gasteiger partial charge in [0.25, 0.3) is 0 Å². The van der Waals surface area contributed by atoms with E-state index in [1.807, 2.05) is 0 Å². The van der Waals surface area contributed by atoms with Crippen molar-refractivity contribution < 1.29 is 0 Å². The molecule has 2 aromatic rings. The molecule has 15 heavy (non-hydrogen) atoms. The summed E-state index contributed by atoms with van der Waals surface area (Å²) in [5.74, 6) is 0.351. The van der Waals surface area contributed by atoms with Gasteiger partial charge < -0.3 is 10.1 Å². The van der Waals surface area contributed by atoms with Gasteiger partial charge in [0.2, 0.25) is 5.95 Å². The maximum Gasteiger partial charge on any atom is 0.326 e. The van der Waals surface area contributed by atoms with E-state index in [9.17, 15) is 4.79 Å². The average Bonchev–Trinajstić information content (AvgIpc) is 2.54. The van der Waals surface area contributed by atoms with Gasteiger partial charge in [-0.1, -0.05) is 11.6 Å². The summed E-state index contributed by atoms with van der Waals surface area (Å²) in [7, 11) is 2.27.